The van der Waals surface area contributed by atoms with E-state index in [0.29, 0.717) is 30.9 Å². The summed E-state index contributed by atoms with van der Waals surface area (Å²) in [6, 6.07) is 5.98. The third-order valence-corrected chi connectivity index (χ3v) is 6.73. The lowest BCUT2D eigenvalue weighted by Gasteiger charge is -2.29. The van der Waals surface area contributed by atoms with E-state index in [1.54, 1.807) is 29.1 Å². The van der Waals surface area contributed by atoms with Crippen LogP contribution < -0.4 is 10.6 Å². The maximum absolute atomic E-state index is 13.1. The van der Waals surface area contributed by atoms with Gasteiger partial charge in [0.1, 0.15) is 6.04 Å². The van der Waals surface area contributed by atoms with Crippen LogP contribution in [0.2, 0.25) is 0 Å². The van der Waals surface area contributed by atoms with Crippen LogP contribution in [-0.2, 0) is 20.9 Å². The van der Waals surface area contributed by atoms with Gasteiger partial charge >= 0.3 is 0 Å². The highest BCUT2D eigenvalue weighted by atomic mass is 16.5. The van der Waals surface area contributed by atoms with Gasteiger partial charge in [0.2, 0.25) is 11.8 Å². The molecular formula is C23H22N8O5. The van der Waals surface area contributed by atoms with E-state index in [1.165, 1.54) is 15.8 Å². The van der Waals surface area contributed by atoms with Crippen LogP contribution in [0.5, 0.6) is 0 Å². The van der Waals surface area contributed by atoms with Crippen molar-refractivity contribution < 1.29 is 23.9 Å². The van der Waals surface area contributed by atoms with Crippen LogP contribution in [0.4, 0.5) is 0 Å². The zero-order chi connectivity index (χ0) is 24.8. The van der Waals surface area contributed by atoms with E-state index in [-0.39, 0.29) is 42.6 Å². The van der Waals surface area contributed by atoms with Crippen molar-refractivity contribution in [3.05, 3.63) is 59.7 Å². The first-order chi connectivity index (χ1) is 17.5. The molecule has 4 amide bonds. The number of piperidine rings is 1. The normalized spacial score (nSPS) is 23.6. The molecule has 6 rings (SSSR count). The molecule has 13 heteroatoms. The fraction of sp³-hybridized carbons (Fsp3) is 0.348. The molecule has 2 saturated heterocycles. The lowest BCUT2D eigenvalue weighted by molar-refractivity contribution is -0.136. The fourth-order valence-electron chi connectivity index (χ4n) is 4.84. The SMILES string of the molecule is O=C1CCC(N2Cc3ccc(-n4cc(C(=O)N[C@@H]5COC[C@@H]5n5cccn5)nn4)cc3C2=O)C(=O)N1. The first-order valence-corrected chi connectivity index (χ1v) is 11.6. The van der Waals surface area contributed by atoms with E-state index < -0.39 is 17.9 Å². The number of carbonyl (C=O) groups excluding carboxylic acids is 4. The Kier molecular flexibility index (Phi) is 5.33. The fourth-order valence-corrected chi connectivity index (χ4v) is 4.84. The van der Waals surface area contributed by atoms with Crippen molar-refractivity contribution in [2.45, 2.75) is 37.5 Å². The van der Waals surface area contributed by atoms with Crippen LogP contribution >= 0.6 is 0 Å². The Bertz CT molecular complexity index is 1370. The molecule has 2 N–H and O–H groups in total. The van der Waals surface area contributed by atoms with Gasteiger partial charge in [0, 0.05) is 30.9 Å². The maximum Gasteiger partial charge on any atom is 0.273 e. The van der Waals surface area contributed by atoms with Gasteiger partial charge in [-0.05, 0) is 30.2 Å². The van der Waals surface area contributed by atoms with Crippen LogP contribution in [0.25, 0.3) is 5.69 Å². The first-order valence-electron chi connectivity index (χ1n) is 11.6. The standard InChI is InChI=1S/C23H22N8O5/c32-20-5-4-18(22(34)26-20)29-9-13-2-3-14(8-15(13)23(29)35)31-10-16(27-28-31)21(33)25-17-11-36-12-19(17)30-7-1-6-24-30/h1-3,6-8,10,17-19H,4-5,9,11-12H2,(H,25,33)(H,26,32,34)/t17-,18?,19+/m1/s1. The van der Waals surface area contributed by atoms with Crippen LogP contribution in [0.15, 0.2) is 42.9 Å². The van der Waals surface area contributed by atoms with Gasteiger partial charge in [-0.2, -0.15) is 5.10 Å². The number of benzene rings is 1. The topological polar surface area (TPSA) is 153 Å². The minimum Gasteiger partial charge on any atom is -0.377 e. The molecule has 2 fully saturated rings. The molecule has 36 heavy (non-hydrogen) atoms. The Morgan fingerprint density at radius 3 is 2.89 bits per heavy atom. The summed E-state index contributed by atoms with van der Waals surface area (Å²) >= 11 is 0. The van der Waals surface area contributed by atoms with Gasteiger partial charge in [-0.15, -0.1) is 5.10 Å². The number of carbonyl (C=O) groups is 4. The number of fused-ring (bicyclic) bond motifs is 1. The van der Waals surface area contributed by atoms with E-state index in [9.17, 15) is 19.2 Å². The molecule has 0 bridgehead atoms. The van der Waals surface area contributed by atoms with Gasteiger partial charge in [0.05, 0.1) is 37.2 Å². The zero-order valence-electron chi connectivity index (χ0n) is 19.0. The molecule has 13 nitrogen and oxygen atoms in total. The molecule has 1 unspecified atom stereocenters. The molecule has 0 aliphatic carbocycles. The Labute approximate surface area is 204 Å². The van der Waals surface area contributed by atoms with Crippen molar-refractivity contribution in [1.82, 2.24) is 40.3 Å². The number of nitrogens with zero attached hydrogens (tertiary/aromatic N) is 6. The molecule has 0 radical (unpaired) electrons. The van der Waals surface area contributed by atoms with Crippen molar-refractivity contribution in [2.24, 2.45) is 0 Å². The van der Waals surface area contributed by atoms with Gasteiger partial charge in [-0.3, -0.25) is 29.2 Å². The van der Waals surface area contributed by atoms with Gasteiger partial charge in [-0.1, -0.05) is 11.3 Å². The average molecular weight is 490 g/mol. The molecule has 3 aromatic rings. The molecule has 0 spiro atoms. The molecular weight excluding hydrogens is 468 g/mol. The molecule has 184 valence electrons. The second kappa shape index (κ2) is 8.68. The van der Waals surface area contributed by atoms with Crippen LogP contribution in [-0.4, -0.2) is 78.6 Å². The quantitative estimate of drug-likeness (QED) is 0.458. The summed E-state index contributed by atoms with van der Waals surface area (Å²) in [5.41, 5.74) is 1.90. The summed E-state index contributed by atoms with van der Waals surface area (Å²) in [6.45, 7) is 1.09. The predicted octanol–water partition coefficient (Wildman–Crippen LogP) is -0.405. The number of amides is 4. The second-order valence-electron chi connectivity index (χ2n) is 8.96. The van der Waals surface area contributed by atoms with Crippen molar-refractivity contribution in [2.75, 3.05) is 13.2 Å². The summed E-state index contributed by atoms with van der Waals surface area (Å²) in [5, 5.41) is 17.5. The number of aromatic nitrogens is 5. The van der Waals surface area contributed by atoms with Crippen LogP contribution in [0, 0.1) is 0 Å². The van der Waals surface area contributed by atoms with Gasteiger partial charge in [-0.25, -0.2) is 4.68 Å². The van der Waals surface area contributed by atoms with Gasteiger partial charge < -0.3 is 15.0 Å². The van der Waals surface area contributed by atoms with E-state index >= 15 is 0 Å². The summed E-state index contributed by atoms with van der Waals surface area (Å²) in [5.74, 6) is -1.46. The minimum atomic E-state index is -0.683. The first kappa shape index (κ1) is 22.1. The lowest BCUT2D eigenvalue weighted by Crippen LogP contribution is -2.52. The van der Waals surface area contributed by atoms with E-state index in [1.807, 2.05) is 12.3 Å². The number of rotatable bonds is 5. The molecule has 0 saturated carbocycles. The molecule has 3 aliphatic rings. The maximum atomic E-state index is 13.1. The average Bonchev–Trinajstić information content (AvgIpc) is 3.66. The Morgan fingerprint density at radius 2 is 2.08 bits per heavy atom. The van der Waals surface area contributed by atoms with Crippen LogP contribution in [0.3, 0.4) is 0 Å². The Balaban J connectivity index is 1.16. The van der Waals surface area contributed by atoms with Crippen LogP contribution in [0.1, 0.15) is 45.3 Å². The van der Waals surface area contributed by atoms with Gasteiger partial charge in [0.25, 0.3) is 11.8 Å². The number of imide groups is 1. The number of ether oxygens (including phenoxy) is 1. The molecule has 3 aliphatic heterocycles. The number of hydrogen-bond acceptors (Lipinski definition) is 8. The summed E-state index contributed by atoms with van der Waals surface area (Å²) < 4.78 is 8.71. The van der Waals surface area contributed by atoms with Crippen molar-refractivity contribution in [3.8, 4) is 5.69 Å². The monoisotopic (exact) mass is 490 g/mol. The third kappa shape index (κ3) is 3.82. The van der Waals surface area contributed by atoms with E-state index in [2.05, 4.69) is 26.0 Å². The molecule has 5 heterocycles. The summed E-state index contributed by atoms with van der Waals surface area (Å²) in [6.07, 6.45) is 5.49. The third-order valence-electron chi connectivity index (χ3n) is 6.73. The second-order valence-corrected chi connectivity index (χ2v) is 8.96. The summed E-state index contributed by atoms with van der Waals surface area (Å²) in [4.78, 5) is 51.1. The number of hydrogen-bond donors (Lipinski definition) is 2. The highest BCUT2D eigenvalue weighted by molar-refractivity contribution is 6.05. The molecule has 1 aromatic carbocycles. The Morgan fingerprint density at radius 1 is 1.19 bits per heavy atom. The minimum absolute atomic E-state index is 0.117. The molecule has 3 atom stereocenters. The number of nitrogens with one attached hydrogen (secondary N) is 2. The van der Waals surface area contributed by atoms with E-state index in [4.69, 9.17) is 4.74 Å². The summed E-state index contributed by atoms with van der Waals surface area (Å²) in [7, 11) is 0. The lowest BCUT2D eigenvalue weighted by atomic mass is 10.0. The van der Waals surface area contributed by atoms with Gasteiger partial charge in [0.15, 0.2) is 5.69 Å². The highest BCUT2D eigenvalue weighted by Crippen LogP contribution is 2.29. The Hall–Kier alpha value is -4.39. The molecule has 2 aromatic heterocycles. The van der Waals surface area contributed by atoms with E-state index in [0.717, 1.165) is 5.56 Å². The van der Waals surface area contributed by atoms with Crippen molar-refractivity contribution in [3.63, 3.8) is 0 Å². The van der Waals surface area contributed by atoms with Crippen molar-refractivity contribution >= 4 is 23.6 Å². The highest BCUT2D eigenvalue weighted by Gasteiger charge is 2.39. The van der Waals surface area contributed by atoms with Crippen molar-refractivity contribution in [1.29, 1.82) is 0 Å². The smallest absolute Gasteiger partial charge is 0.273 e. The largest absolute Gasteiger partial charge is 0.377 e. The predicted molar refractivity (Wildman–Crippen MR) is 121 cm³/mol. The zero-order valence-corrected chi connectivity index (χ0v) is 19.0.